The molecule has 0 fully saturated rings. The van der Waals surface area contributed by atoms with E-state index in [-0.39, 0.29) is 27.1 Å². The third kappa shape index (κ3) is 6.04. The van der Waals surface area contributed by atoms with Crippen LogP contribution in [0.3, 0.4) is 0 Å². The highest BCUT2D eigenvalue weighted by Gasteiger charge is 2.28. The number of non-ortho nitro benzene ring substituents is 1. The van der Waals surface area contributed by atoms with Crippen LogP contribution in [-0.2, 0) is 22.4 Å². The summed E-state index contributed by atoms with van der Waals surface area (Å²) in [6.07, 6.45) is 4.95. The van der Waals surface area contributed by atoms with Crippen LogP contribution in [0.15, 0.2) is 53.3 Å². The molecular formula is C31H26N4O6S2. The van der Waals surface area contributed by atoms with Crippen molar-refractivity contribution in [1.82, 2.24) is 4.57 Å². The van der Waals surface area contributed by atoms with Gasteiger partial charge in [0, 0.05) is 17.0 Å². The van der Waals surface area contributed by atoms with Gasteiger partial charge in [-0.25, -0.2) is 4.79 Å². The number of nitrogens with zero attached hydrogens (tertiary/aromatic N) is 3. The van der Waals surface area contributed by atoms with Crippen LogP contribution in [0.5, 0.6) is 0 Å². The number of hydrogen-bond acceptors (Lipinski definition) is 9. The molecule has 0 unspecified atom stereocenters. The molecule has 0 aliphatic heterocycles. The van der Waals surface area contributed by atoms with Crippen LogP contribution < -0.4 is 20.1 Å². The highest BCUT2D eigenvalue weighted by molar-refractivity contribution is 7.17. The van der Waals surface area contributed by atoms with E-state index in [0.29, 0.717) is 28.2 Å². The molecule has 1 aliphatic carbocycles. The van der Waals surface area contributed by atoms with Gasteiger partial charge in [0.1, 0.15) is 15.7 Å². The second kappa shape index (κ2) is 12.6. The highest BCUT2D eigenvalue weighted by atomic mass is 32.1. The molecule has 2 aromatic carbocycles. The largest absolute Gasteiger partial charge is 0.462 e. The Kier molecular flexibility index (Phi) is 8.66. The monoisotopic (exact) mass is 614 g/mol. The number of thiazole rings is 1. The zero-order valence-corrected chi connectivity index (χ0v) is 25.0. The van der Waals surface area contributed by atoms with Crippen molar-refractivity contribution in [3.05, 3.63) is 105 Å². The number of carbonyl (C=O) groups excluding carboxylic acids is 2. The standard InChI is InChI=1S/C31H26N4O6S2/c1-3-41-31(38)26-22-6-4-5-7-24(22)42-28(26)33-27(36)23(17-32)30-34(20-12-8-18(2)9-13-20)29(37)25(43-30)16-19-10-14-21(15-11-19)35(39)40/h8-16H,3-7H2,1-2H3,(H,33,36). The molecule has 1 aliphatic rings. The summed E-state index contributed by atoms with van der Waals surface area (Å²) in [5.74, 6) is -1.28. The molecule has 0 spiro atoms. The van der Waals surface area contributed by atoms with Crippen molar-refractivity contribution < 1.29 is 19.2 Å². The predicted octanol–water partition coefficient (Wildman–Crippen LogP) is 4.37. The summed E-state index contributed by atoms with van der Waals surface area (Å²) in [4.78, 5) is 51.9. The van der Waals surface area contributed by atoms with Crippen molar-refractivity contribution in [2.75, 3.05) is 11.9 Å². The quantitative estimate of drug-likeness (QED) is 0.185. The number of aryl methyl sites for hydroxylation is 2. The van der Waals surface area contributed by atoms with E-state index in [1.165, 1.54) is 40.2 Å². The zero-order valence-electron chi connectivity index (χ0n) is 23.3. The van der Waals surface area contributed by atoms with Gasteiger partial charge in [0.15, 0.2) is 5.57 Å². The Morgan fingerprint density at radius 1 is 1.12 bits per heavy atom. The highest BCUT2D eigenvalue weighted by Crippen LogP contribution is 2.38. The fraction of sp³-hybridized carbons (Fsp3) is 0.226. The predicted molar refractivity (Wildman–Crippen MR) is 165 cm³/mol. The summed E-state index contributed by atoms with van der Waals surface area (Å²) in [6.45, 7) is 3.79. The molecule has 4 aromatic rings. The summed E-state index contributed by atoms with van der Waals surface area (Å²) in [7, 11) is 0. The van der Waals surface area contributed by atoms with Gasteiger partial charge in [-0.15, -0.1) is 22.7 Å². The molecule has 0 radical (unpaired) electrons. The number of nitriles is 1. The number of aromatic nitrogens is 1. The van der Waals surface area contributed by atoms with Gasteiger partial charge in [0.2, 0.25) is 0 Å². The van der Waals surface area contributed by atoms with Gasteiger partial charge >= 0.3 is 5.97 Å². The molecule has 0 atom stereocenters. The van der Waals surface area contributed by atoms with E-state index in [9.17, 15) is 29.8 Å². The molecule has 0 saturated heterocycles. The number of hydrogen-bond donors (Lipinski definition) is 1. The number of rotatable bonds is 7. The number of nitrogens with one attached hydrogen (secondary N) is 1. The summed E-state index contributed by atoms with van der Waals surface area (Å²) in [6, 6.07) is 14.8. The van der Waals surface area contributed by atoms with Crippen molar-refractivity contribution >= 4 is 56.9 Å². The van der Waals surface area contributed by atoms with Crippen molar-refractivity contribution in [2.24, 2.45) is 0 Å². The van der Waals surface area contributed by atoms with Gasteiger partial charge in [-0.2, -0.15) is 5.26 Å². The minimum absolute atomic E-state index is 0.0877. The van der Waals surface area contributed by atoms with Crippen LogP contribution in [0.25, 0.3) is 17.3 Å². The number of carbonyl (C=O) groups is 2. The lowest BCUT2D eigenvalue weighted by atomic mass is 9.95. The molecule has 43 heavy (non-hydrogen) atoms. The number of anilines is 1. The van der Waals surface area contributed by atoms with E-state index in [1.807, 2.05) is 25.1 Å². The molecule has 5 rings (SSSR count). The van der Waals surface area contributed by atoms with Crippen molar-refractivity contribution in [1.29, 1.82) is 5.26 Å². The van der Waals surface area contributed by atoms with E-state index in [1.54, 1.807) is 25.1 Å². The Bertz CT molecular complexity index is 1960. The maximum absolute atomic E-state index is 13.7. The molecule has 0 bridgehead atoms. The lowest BCUT2D eigenvalue weighted by Crippen LogP contribution is -2.32. The van der Waals surface area contributed by atoms with Gasteiger partial charge in [0.25, 0.3) is 17.2 Å². The van der Waals surface area contributed by atoms with Crippen LogP contribution >= 0.6 is 22.7 Å². The van der Waals surface area contributed by atoms with Gasteiger partial charge in [-0.05, 0) is 81.0 Å². The van der Waals surface area contributed by atoms with Gasteiger partial charge in [-0.1, -0.05) is 17.7 Å². The number of esters is 1. The first-order valence-electron chi connectivity index (χ1n) is 13.5. The molecule has 2 aromatic heterocycles. The number of nitro benzene ring substituents is 1. The maximum Gasteiger partial charge on any atom is 0.341 e. The van der Waals surface area contributed by atoms with Crippen LogP contribution in [0.2, 0.25) is 0 Å². The molecule has 218 valence electrons. The lowest BCUT2D eigenvalue weighted by molar-refractivity contribution is -0.384. The summed E-state index contributed by atoms with van der Waals surface area (Å²) >= 11 is 2.27. The van der Waals surface area contributed by atoms with Crippen LogP contribution in [0.4, 0.5) is 10.7 Å². The first-order chi connectivity index (χ1) is 20.7. The minimum atomic E-state index is -0.754. The zero-order chi connectivity index (χ0) is 30.7. The molecule has 12 heteroatoms. The van der Waals surface area contributed by atoms with E-state index >= 15 is 0 Å². The third-order valence-electron chi connectivity index (χ3n) is 6.95. The summed E-state index contributed by atoms with van der Waals surface area (Å²) < 4.78 is 6.94. The normalized spacial score (nSPS) is 13.6. The Balaban J connectivity index is 1.67. The van der Waals surface area contributed by atoms with Crippen molar-refractivity contribution in [3.63, 3.8) is 0 Å². The number of nitro groups is 1. The van der Waals surface area contributed by atoms with Crippen LogP contribution in [0.1, 0.15) is 51.7 Å². The van der Waals surface area contributed by atoms with Gasteiger partial charge in [0.05, 0.1) is 27.3 Å². The fourth-order valence-corrected chi connectivity index (χ4v) is 7.23. The molecule has 2 heterocycles. The average molecular weight is 615 g/mol. The van der Waals surface area contributed by atoms with Crippen LogP contribution in [-0.4, -0.2) is 28.0 Å². The van der Waals surface area contributed by atoms with Gasteiger partial charge < -0.3 is 10.1 Å². The van der Waals surface area contributed by atoms with E-state index < -0.39 is 22.4 Å². The minimum Gasteiger partial charge on any atom is -0.462 e. The lowest BCUT2D eigenvalue weighted by Gasteiger charge is -2.12. The average Bonchev–Trinajstić information content (AvgIpc) is 3.51. The Morgan fingerprint density at radius 2 is 1.81 bits per heavy atom. The van der Waals surface area contributed by atoms with Gasteiger partial charge in [-0.3, -0.25) is 24.3 Å². The van der Waals surface area contributed by atoms with Crippen molar-refractivity contribution in [2.45, 2.75) is 39.5 Å². The SMILES string of the molecule is CCOC(=O)c1c(NC(=O)C(C#N)=c2sc(=Cc3ccc([N+](=O)[O-])cc3)c(=O)n2-c2ccc(C)cc2)sc2c1CCCC2. The smallest absolute Gasteiger partial charge is 0.341 e. The number of ether oxygens (including phenoxy) is 1. The topological polar surface area (TPSA) is 144 Å². The van der Waals surface area contributed by atoms with E-state index in [2.05, 4.69) is 5.32 Å². The summed E-state index contributed by atoms with van der Waals surface area (Å²) in [5, 5.41) is 24.4. The second-order valence-corrected chi connectivity index (χ2v) is 12.0. The van der Waals surface area contributed by atoms with E-state index in [0.717, 1.165) is 46.6 Å². The van der Waals surface area contributed by atoms with Crippen LogP contribution in [0, 0.1) is 28.4 Å². The Labute approximate surface area is 254 Å². The first kappa shape index (κ1) is 29.6. The molecular weight excluding hydrogens is 588 g/mol. The summed E-state index contributed by atoms with van der Waals surface area (Å²) in [5.41, 5.74) is 2.31. The number of thiophene rings is 1. The Morgan fingerprint density at radius 3 is 2.47 bits per heavy atom. The Hall–Kier alpha value is -4.86. The second-order valence-electron chi connectivity index (χ2n) is 9.82. The molecule has 1 amide bonds. The number of amides is 1. The number of fused-ring (bicyclic) bond motifs is 1. The molecule has 0 saturated carbocycles. The maximum atomic E-state index is 13.7. The molecule has 1 N–H and O–H groups in total. The third-order valence-corrected chi connectivity index (χ3v) is 9.25. The van der Waals surface area contributed by atoms with E-state index in [4.69, 9.17) is 4.74 Å². The van der Waals surface area contributed by atoms with Crippen molar-refractivity contribution in [3.8, 4) is 11.8 Å². The first-order valence-corrected chi connectivity index (χ1v) is 15.2. The number of benzene rings is 2. The fourth-order valence-electron chi connectivity index (χ4n) is 4.86. The molecule has 10 nitrogen and oxygen atoms in total.